The Bertz CT molecular complexity index is 464. The second-order valence-electron chi connectivity index (χ2n) is 3.02. The van der Waals surface area contributed by atoms with Crippen LogP contribution in [0, 0.1) is 0 Å². The van der Waals surface area contributed by atoms with E-state index in [0.29, 0.717) is 5.56 Å². The summed E-state index contributed by atoms with van der Waals surface area (Å²) in [5.41, 5.74) is 1.39. The number of carbonyl (C=O) groups is 1. The average Bonchev–Trinajstić information content (AvgIpc) is 2.59. The van der Waals surface area contributed by atoms with Gasteiger partial charge in [-0.1, -0.05) is 0 Å². The van der Waals surface area contributed by atoms with Gasteiger partial charge in [-0.25, -0.2) is 4.39 Å². The molecule has 0 atom stereocenters. The molecular formula is C10H9FN2O. The fraction of sp³-hybridized carbons (Fsp3) is 0.200. The summed E-state index contributed by atoms with van der Waals surface area (Å²) in [5.74, 6) is 0. The molecular weight excluding hydrogens is 183 g/mol. The zero-order chi connectivity index (χ0) is 9.97. The minimum Gasteiger partial charge on any atom is -0.298 e. The average molecular weight is 192 g/mol. The van der Waals surface area contributed by atoms with Crippen molar-refractivity contribution in [3.63, 3.8) is 0 Å². The first-order valence-corrected chi connectivity index (χ1v) is 4.32. The first-order chi connectivity index (χ1) is 6.83. The number of halogens is 1. The minimum absolute atomic E-state index is 0.255. The Kier molecular flexibility index (Phi) is 2.26. The molecule has 0 radical (unpaired) electrons. The first kappa shape index (κ1) is 8.87. The first-order valence-electron chi connectivity index (χ1n) is 4.32. The standard InChI is InChI=1S/C10H9FN2O/c11-3-4-13-6-9-5-8(7-14)1-2-10(9)12-13/h1-2,5-7H,3-4H2. The van der Waals surface area contributed by atoms with Gasteiger partial charge in [-0.15, -0.1) is 0 Å². The van der Waals surface area contributed by atoms with Crippen molar-refractivity contribution in [3.8, 4) is 0 Å². The van der Waals surface area contributed by atoms with Gasteiger partial charge in [0.25, 0.3) is 0 Å². The van der Waals surface area contributed by atoms with Gasteiger partial charge in [0.1, 0.15) is 13.0 Å². The third kappa shape index (κ3) is 1.51. The summed E-state index contributed by atoms with van der Waals surface area (Å²) in [5, 5.41) is 5.00. The van der Waals surface area contributed by atoms with Gasteiger partial charge in [-0.3, -0.25) is 9.48 Å². The summed E-state index contributed by atoms with van der Waals surface area (Å²) >= 11 is 0. The van der Waals surface area contributed by atoms with Crippen LogP contribution < -0.4 is 0 Å². The van der Waals surface area contributed by atoms with Crippen LogP contribution in [0.1, 0.15) is 10.4 Å². The van der Waals surface area contributed by atoms with Crippen LogP contribution in [0.25, 0.3) is 10.9 Å². The molecule has 0 spiro atoms. The van der Waals surface area contributed by atoms with E-state index in [1.54, 1.807) is 29.1 Å². The Labute approximate surface area is 80.1 Å². The van der Waals surface area contributed by atoms with Crippen molar-refractivity contribution in [2.75, 3.05) is 6.67 Å². The highest BCUT2D eigenvalue weighted by atomic mass is 19.1. The Hall–Kier alpha value is -1.71. The van der Waals surface area contributed by atoms with E-state index in [9.17, 15) is 9.18 Å². The normalized spacial score (nSPS) is 10.6. The van der Waals surface area contributed by atoms with Crippen molar-refractivity contribution in [1.29, 1.82) is 0 Å². The Morgan fingerprint density at radius 2 is 2.36 bits per heavy atom. The molecule has 72 valence electrons. The van der Waals surface area contributed by atoms with E-state index >= 15 is 0 Å². The van der Waals surface area contributed by atoms with E-state index in [1.165, 1.54) is 0 Å². The number of carbonyl (C=O) groups excluding carboxylic acids is 1. The van der Waals surface area contributed by atoms with Crippen molar-refractivity contribution < 1.29 is 9.18 Å². The van der Waals surface area contributed by atoms with Gasteiger partial charge in [0.15, 0.2) is 0 Å². The number of aromatic nitrogens is 2. The molecule has 0 bridgehead atoms. The van der Waals surface area contributed by atoms with Gasteiger partial charge in [-0.05, 0) is 18.2 Å². The molecule has 0 aliphatic carbocycles. The zero-order valence-electron chi connectivity index (χ0n) is 7.48. The molecule has 0 N–H and O–H groups in total. The molecule has 1 aromatic heterocycles. The third-order valence-corrected chi connectivity index (χ3v) is 2.03. The van der Waals surface area contributed by atoms with E-state index in [-0.39, 0.29) is 6.54 Å². The van der Waals surface area contributed by atoms with Gasteiger partial charge in [0.2, 0.25) is 0 Å². The van der Waals surface area contributed by atoms with Crippen molar-refractivity contribution in [3.05, 3.63) is 30.0 Å². The van der Waals surface area contributed by atoms with Gasteiger partial charge >= 0.3 is 0 Å². The zero-order valence-corrected chi connectivity index (χ0v) is 7.48. The summed E-state index contributed by atoms with van der Waals surface area (Å²) in [6, 6.07) is 5.19. The van der Waals surface area contributed by atoms with Crippen LogP contribution in [-0.2, 0) is 6.54 Å². The summed E-state index contributed by atoms with van der Waals surface area (Å²) < 4.78 is 13.6. The number of hydrogen-bond acceptors (Lipinski definition) is 2. The number of aldehydes is 1. The second kappa shape index (κ2) is 3.57. The molecule has 0 amide bonds. The van der Waals surface area contributed by atoms with Crippen LogP contribution in [0.4, 0.5) is 4.39 Å². The minimum atomic E-state index is -0.436. The fourth-order valence-corrected chi connectivity index (χ4v) is 1.37. The quantitative estimate of drug-likeness (QED) is 0.695. The van der Waals surface area contributed by atoms with Gasteiger partial charge in [-0.2, -0.15) is 5.10 Å². The SMILES string of the molecule is O=Cc1ccc2nn(CCF)cc2c1. The van der Waals surface area contributed by atoms with Crippen molar-refractivity contribution in [2.24, 2.45) is 0 Å². The monoisotopic (exact) mass is 192 g/mol. The Morgan fingerprint density at radius 3 is 3.07 bits per heavy atom. The lowest BCUT2D eigenvalue weighted by molar-refractivity contribution is 0.112. The number of alkyl halides is 1. The molecule has 2 aromatic rings. The summed E-state index contributed by atoms with van der Waals surface area (Å²) in [6.07, 6.45) is 2.52. The lowest BCUT2D eigenvalue weighted by Crippen LogP contribution is -1.98. The lowest BCUT2D eigenvalue weighted by atomic mass is 10.2. The van der Waals surface area contributed by atoms with E-state index < -0.39 is 6.67 Å². The molecule has 0 saturated carbocycles. The Balaban J connectivity index is 2.48. The van der Waals surface area contributed by atoms with Crippen LogP contribution in [-0.4, -0.2) is 22.7 Å². The molecule has 3 nitrogen and oxygen atoms in total. The molecule has 4 heteroatoms. The van der Waals surface area contributed by atoms with Crippen LogP contribution in [0.15, 0.2) is 24.4 Å². The molecule has 0 aliphatic heterocycles. The summed E-state index contributed by atoms with van der Waals surface area (Å²) in [7, 11) is 0. The van der Waals surface area contributed by atoms with Crippen molar-refractivity contribution in [2.45, 2.75) is 6.54 Å². The topological polar surface area (TPSA) is 34.9 Å². The third-order valence-electron chi connectivity index (χ3n) is 2.03. The number of fused-ring (bicyclic) bond motifs is 1. The molecule has 0 saturated heterocycles. The maximum Gasteiger partial charge on any atom is 0.150 e. The number of hydrogen-bond donors (Lipinski definition) is 0. The highest BCUT2D eigenvalue weighted by Crippen LogP contribution is 2.13. The van der Waals surface area contributed by atoms with Crippen molar-refractivity contribution in [1.82, 2.24) is 9.78 Å². The van der Waals surface area contributed by atoms with Crippen molar-refractivity contribution >= 4 is 17.2 Å². The van der Waals surface area contributed by atoms with E-state index in [2.05, 4.69) is 5.10 Å². The van der Waals surface area contributed by atoms with Crippen LogP contribution in [0.5, 0.6) is 0 Å². The molecule has 1 aromatic carbocycles. The largest absolute Gasteiger partial charge is 0.298 e. The molecule has 1 heterocycles. The summed E-state index contributed by atoms with van der Waals surface area (Å²) in [6.45, 7) is -0.181. The number of nitrogens with zero attached hydrogens (tertiary/aromatic N) is 2. The predicted octanol–water partition coefficient (Wildman–Crippen LogP) is 1.82. The molecule has 0 fully saturated rings. The smallest absolute Gasteiger partial charge is 0.150 e. The van der Waals surface area contributed by atoms with E-state index in [4.69, 9.17) is 0 Å². The lowest BCUT2D eigenvalue weighted by Gasteiger charge is -1.91. The highest BCUT2D eigenvalue weighted by molar-refractivity contribution is 5.86. The fourth-order valence-electron chi connectivity index (χ4n) is 1.37. The maximum atomic E-state index is 12.0. The van der Waals surface area contributed by atoms with Crippen LogP contribution in [0.2, 0.25) is 0 Å². The van der Waals surface area contributed by atoms with E-state index in [1.807, 2.05) is 0 Å². The molecule has 0 unspecified atom stereocenters. The van der Waals surface area contributed by atoms with Crippen LogP contribution >= 0.6 is 0 Å². The van der Waals surface area contributed by atoms with Gasteiger partial charge < -0.3 is 0 Å². The number of benzene rings is 1. The number of aryl methyl sites for hydroxylation is 1. The molecule has 2 rings (SSSR count). The molecule has 14 heavy (non-hydrogen) atoms. The predicted molar refractivity (Wildman–Crippen MR) is 51.1 cm³/mol. The van der Waals surface area contributed by atoms with Gasteiger partial charge in [0.05, 0.1) is 12.1 Å². The Morgan fingerprint density at radius 1 is 1.50 bits per heavy atom. The number of rotatable bonds is 3. The molecule has 0 aliphatic rings. The maximum absolute atomic E-state index is 12.0. The second-order valence-corrected chi connectivity index (χ2v) is 3.02. The van der Waals surface area contributed by atoms with E-state index in [0.717, 1.165) is 17.2 Å². The summed E-state index contributed by atoms with van der Waals surface area (Å²) in [4.78, 5) is 10.5. The van der Waals surface area contributed by atoms with Gasteiger partial charge in [0, 0.05) is 17.1 Å². The highest BCUT2D eigenvalue weighted by Gasteiger charge is 2.00. The van der Waals surface area contributed by atoms with Crippen LogP contribution in [0.3, 0.4) is 0 Å².